The van der Waals surface area contributed by atoms with E-state index in [2.05, 4.69) is 16.2 Å². The Morgan fingerprint density at radius 2 is 1.19 bits per heavy atom. The van der Waals surface area contributed by atoms with Crippen LogP contribution in [-0.2, 0) is 63.4 Å². The number of ether oxygens (including phenoxy) is 4. The van der Waals surface area contributed by atoms with Gasteiger partial charge in [0.05, 0.1) is 26.4 Å². The molecule has 0 saturated heterocycles. The van der Waals surface area contributed by atoms with Crippen LogP contribution in [0.15, 0.2) is 76.5 Å². The van der Waals surface area contributed by atoms with Crippen molar-refractivity contribution in [1.29, 1.82) is 0 Å². The third-order valence-corrected chi connectivity index (χ3v) is 15.2. The third-order valence-electron chi connectivity index (χ3n) is 10.5. The number of phosphoric acid groups is 3. The lowest BCUT2D eigenvalue weighted by Crippen LogP contribution is -2.33. The summed E-state index contributed by atoms with van der Waals surface area (Å²) in [7, 11) is -16.5. The molecule has 3 unspecified atom stereocenters. The number of aryl methyl sites for hydroxylation is 1. The first kappa shape index (κ1) is 57.5. The molecule has 1 aromatic heterocycles. The van der Waals surface area contributed by atoms with Gasteiger partial charge in [0.2, 0.25) is 0 Å². The molecule has 0 aliphatic carbocycles. The van der Waals surface area contributed by atoms with Crippen LogP contribution in [0, 0.1) is 6.92 Å². The van der Waals surface area contributed by atoms with Crippen molar-refractivity contribution in [3.8, 4) is 11.5 Å². The Morgan fingerprint density at radius 1 is 0.667 bits per heavy atom. The molecule has 2 aromatic carbocycles. The molecule has 3 N–H and O–H groups in total. The largest absolute Gasteiger partial charge is 0.513 e. The first-order valence-corrected chi connectivity index (χ1v) is 27.9. The van der Waals surface area contributed by atoms with Crippen molar-refractivity contribution in [3.05, 3.63) is 104 Å². The first-order valence-electron chi connectivity index (χ1n) is 23.5. The van der Waals surface area contributed by atoms with Gasteiger partial charge >= 0.3 is 41.3 Å². The van der Waals surface area contributed by atoms with Crippen molar-refractivity contribution in [1.82, 2.24) is 9.55 Å². The first-order chi connectivity index (χ1) is 33.0. The van der Waals surface area contributed by atoms with Gasteiger partial charge in [-0.25, -0.2) is 23.3 Å². The molecule has 0 fully saturated rings. The lowest BCUT2D eigenvalue weighted by atomic mass is 10.0. The minimum Gasteiger partial charge on any atom is -0.434 e. The fourth-order valence-electron chi connectivity index (χ4n) is 6.76. The average molecular weight is 1030 g/mol. The van der Waals surface area contributed by atoms with Crippen molar-refractivity contribution < 1.29 is 74.2 Å². The van der Waals surface area contributed by atoms with Crippen molar-refractivity contribution in [2.45, 2.75) is 155 Å². The summed E-state index contributed by atoms with van der Waals surface area (Å²) in [6.45, 7) is 3.97. The molecule has 0 amide bonds. The van der Waals surface area contributed by atoms with Crippen LogP contribution in [0.3, 0.4) is 0 Å². The van der Waals surface area contributed by atoms with E-state index in [1.807, 2.05) is 6.92 Å². The Morgan fingerprint density at radius 3 is 1.74 bits per heavy atom. The van der Waals surface area contributed by atoms with Crippen LogP contribution >= 0.6 is 23.5 Å². The molecule has 5 atom stereocenters. The van der Waals surface area contributed by atoms with E-state index in [4.69, 9.17) is 36.8 Å². The minimum atomic E-state index is -5.82. The number of nitrogens with one attached hydrogen (secondary N) is 1. The van der Waals surface area contributed by atoms with Crippen molar-refractivity contribution in [3.63, 3.8) is 0 Å². The highest BCUT2D eigenvalue weighted by atomic mass is 31.3. The highest BCUT2D eigenvalue weighted by Gasteiger charge is 2.44. The van der Waals surface area contributed by atoms with Gasteiger partial charge in [-0.2, -0.15) is 8.62 Å². The van der Waals surface area contributed by atoms with Gasteiger partial charge in [0.15, 0.2) is 6.23 Å². The molecule has 1 aliphatic heterocycles. The molecule has 384 valence electrons. The minimum absolute atomic E-state index is 0.126. The van der Waals surface area contributed by atoms with Crippen LogP contribution in [0.1, 0.15) is 146 Å². The number of nitrogens with zero attached hydrogens (tertiary/aromatic N) is 1. The maximum absolute atomic E-state index is 14.0. The quantitative estimate of drug-likeness (QED) is 0.0125. The predicted molar refractivity (Wildman–Crippen MR) is 254 cm³/mol. The van der Waals surface area contributed by atoms with E-state index in [0.29, 0.717) is 24.0 Å². The summed E-state index contributed by atoms with van der Waals surface area (Å²) in [6, 6.07) is 11.5. The van der Waals surface area contributed by atoms with Crippen LogP contribution in [-0.4, -0.2) is 50.8 Å². The maximum Gasteiger partial charge on any atom is 0.513 e. The third kappa shape index (κ3) is 22.7. The molecule has 0 spiro atoms. The van der Waals surface area contributed by atoms with E-state index in [1.54, 1.807) is 0 Å². The fourth-order valence-corrected chi connectivity index (χ4v) is 10.8. The summed E-state index contributed by atoms with van der Waals surface area (Å²) in [4.78, 5) is 71.4. The molecule has 2 heterocycles. The summed E-state index contributed by atoms with van der Waals surface area (Å²) in [5.74, 6) is -0.0796. The molecular weight excluding hydrogens is 961 g/mol. The summed E-state index contributed by atoms with van der Waals surface area (Å²) in [5, 5.41) is 0. The van der Waals surface area contributed by atoms with E-state index in [-0.39, 0.29) is 30.1 Å². The normalized spacial score (nSPS) is 17.2. The molecular formula is C46H67N2O18P3. The zero-order valence-electron chi connectivity index (χ0n) is 39.6. The Bertz CT molecular complexity index is 2340. The summed E-state index contributed by atoms with van der Waals surface area (Å²) in [6.07, 6.45) is 19.6. The summed E-state index contributed by atoms with van der Waals surface area (Å²) < 4.78 is 87.2. The smallest absolute Gasteiger partial charge is 0.434 e. The van der Waals surface area contributed by atoms with Crippen molar-refractivity contribution >= 4 is 35.6 Å². The fraction of sp³-hybridized carbons (Fsp3) is 0.565. The number of aromatic nitrogens is 2. The van der Waals surface area contributed by atoms with Crippen molar-refractivity contribution in [2.24, 2.45) is 0 Å². The second kappa shape index (κ2) is 30.0. The highest BCUT2D eigenvalue weighted by molar-refractivity contribution is 7.67. The number of benzene rings is 2. The molecule has 23 heteroatoms. The highest BCUT2D eigenvalue weighted by Crippen LogP contribution is 2.69. The number of unbranched alkanes of at least 4 members (excludes halogenated alkanes) is 14. The van der Waals surface area contributed by atoms with E-state index < -0.39 is 79.0 Å². The van der Waals surface area contributed by atoms with Crippen LogP contribution in [0.5, 0.6) is 11.5 Å². The van der Waals surface area contributed by atoms with E-state index in [9.17, 15) is 42.7 Å². The second-order valence-corrected chi connectivity index (χ2v) is 21.3. The van der Waals surface area contributed by atoms with Gasteiger partial charge in [0.1, 0.15) is 17.6 Å². The zero-order valence-corrected chi connectivity index (χ0v) is 42.3. The zero-order chi connectivity index (χ0) is 50.1. The summed E-state index contributed by atoms with van der Waals surface area (Å²) >= 11 is 0. The van der Waals surface area contributed by atoms with Gasteiger partial charge in [-0.15, -0.1) is 0 Å². The lowest BCUT2D eigenvalue weighted by molar-refractivity contribution is -0.134. The Balaban J connectivity index is 1.27. The van der Waals surface area contributed by atoms with Gasteiger partial charge < -0.3 is 28.7 Å². The number of hydrogen-bond donors (Lipinski definition) is 3. The topological polar surface area (TPSA) is 264 Å². The van der Waals surface area contributed by atoms with Crippen LogP contribution in [0.4, 0.5) is 4.79 Å². The van der Waals surface area contributed by atoms with E-state index >= 15 is 0 Å². The monoisotopic (exact) mass is 1030 g/mol. The predicted octanol–water partition coefficient (Wildman–Crippen LogP) is 11.2. The van der Waals surface area contributed by atoms with Gasteiger partial charge in [-0.3, -0.25) is 32.7 Å². The number of carbonyl (C=O) groups is 2. The standard InChI is InChI=1S/C46H67N2O18P3/c1-4-6-8-9-10-11-12-13-14-15-16-17-18-19-31-58-46(52)64-40-27-23-38(24-28-40)34-61-69(57,60-33-37-21-25-39(26-22-37)63-43(49)20-7-5-2)66-68(55,56)65-67(53,54)59-35-41-29-30-42(62-41)48-32-36(3)44(50)47-45(48)51/h21-30,32,41-42H,4-20,31,33-35H2,1-3H3,(H,53,54)(H,55,56)(H,47,50,51)/t41-,42+,69?/m0/s1. The van der Waals surface area contributed by atoms with E-state index in [0.717, 1.165) is 30.3 Å². The number of hydrogen-bond acceptors (Lipinski definition) is 16. The SMILES string of the molecule is CCCCCCCCCCCCCCCCOC(=O)Oc1ccc(COP(=O)(OCc2ccc(OC(=O)CCCC)cc2)OP(=O)(O)OP(=O)(O)OC[C@@H]2C=C[C@H](n3cc(C)c(=O)[nH]c3=O)O2)cc1. The average Bonchev–Trinajstić information content (AvgIpc) is 3.78. The van der Waals surface area contributed by atoms with Gasteiger partial charge in [-0.05, 0) is 61.2 Å². The van der Waals surface area contributed by atoms with E-state index in [1.165, 1.54) is 138 Å². The number of phosphoric ester groups is 2. The molecule has 0 radical (unpaired) electrons. The Kier molecular flexibility index (Phi) is 25.0. The number of rotatable bonds is 34. The molecule has 3 aromatic rings. The summed E-state index contributed by atoms with van der Waals surface area (Å²) in [5.41, 5.74) is -0.534. The molecule has 0 saturated carbocycles. The second-order valence-electron chi connectivity index (χ2n) is 16.5. The van der Waals surface area contributed by atoms with Crippen LogP contribution in [0.2, 0.25) is 0 Å². The molecule has 69 heavy (non-hydrogen) atoms. The lowest BCUT2D eigenvalue weighted by Gasteiger charge is -2.22. The number of aromatic amines is 1. The van der Waals surface area contributed by atoms with Gasteiger partial charge in [0.25, 0.3) is 5.56 Å². The van der Waals surface area contributed by atoms with Gasteiger partial charge in [0, 0.05) is 18.2 Å². The number of esters is 1. The Labute approximate surface area is 402 Å². The van der Waals surface area contributed by atoms with Crippen molar-refractivity contribution in [2.75, 3.05) is 13.2 Å². The van der Waals surface area contributed by atoms with Crippen LogP contribution < -0.4 is 20.7 Å². The molecule has 0 bridgehead atoms. The maximum atomic E-state index is 14.0. The van der Waals surface area contributed by atoms with Crippen LogP contribution in [0.25, 0.3) is 0 Å². The molecule has 20 nitrogen and oxygen atoms in total. The Hall–Kier alpha value is -4.03. The molecule has 4 rings (SSSR count). The molecule has 1 aliphatic rings. The van der Waals surface area contributed by atoms with Gasteiger partial charge in [-0.1, -0.05) is 134 Å². The number of carbonyl (C=O) groups excluding carboxylic acids is 2. The number of H-pyrrole nitrogens is 1.